The van der Waals surface area contributed by atoms with Crippen LogP contribution in [-0.4, -0.2) is 15.8 Å². The zero-order valence-electron chi connectivity index (χ0n) is 14.5. The van der Waals surface area contributed by atoms with Crippen LogP contribution in [0.4, 0.5) is 0 Å². The smallest absolute Gasteiger partial charge is 0.271 e. The van der Waals surface area contributed by atoms with Gasteiger partial charge in [0.25, 0.3) is 5.91 Å². The molecule has 0 fully saturated rings. The van der Waals surface area contributed by atoms with E-state index in [4.69, 9.17) is 11.6 Å². The maximum atomic E-state index is 13.3. The molecule has 0 bridgehead atoms. The third-order valence-electron chi connectivity index (χ3n) is 5.20. The van der Waals surface area contributed by atoms with Gasteiger partial charge in [0.2, 0.25) is 0 Å². The van der Waals surface area contributed by atoms with Gasteiger partial charge >= 0.3 is 0 Å². The predicted molar refractivity (Wildman–Crippen MR) is 108 cm³/mol. The van der Waals surface area contributed by atoms with Crippen LogP contribution < -0.4 is 0 Å². The van der Waals surface area contributed by atoms with E-state index in [1.165, 1.54) is 0 Å². The van der Waals surface area contributed by atoms with Crippen molar-refractivity contribution in [3.63, 3.8) is 0 Å². The first-order chi connectivity index (χ1) is 13.2. The Morgan fingerprint density at radius 2 is 1.59 bits per heavy atom. The van der Waals surface area contributed by atoms with E-state index in [-0.39, 0.29) is 11.9 Å². The lowest BCUT2D eigenvalue weighted by atomic mass is 9.97. The molecule has 0 aliphatic carbocycles. The molecule has 2 heterocycles. The Kier molecular flexibility index (Phi) is 3.76. The highest BCUT2D eigenvalue weighted by Crippen LogP contribution is 2.45. The number of nitrogens with zero attached hydrogens (tertiary/aromatic N) is 1. The monoisotopic (exact) mass is 372 g/mol. The van der Waals surface area contributed by atoms with Crippen LogP contribution in [-0.2, 0) is 6.54 Å². The number of amides is 1. The summed E-state index contributed by atoms with van der Waals surface area (Å²) in [4.78, 5) is 18.6. The van der Waals surface area contributed by atoms with Crippen molar-refractivity contribution in [2.24, 2.45) is 0 Å². The second-order valence-corrected chi connectivity index (χ2v) is 7.21. The SMILES string of the molecule is O=C1c2[nH]c3ccccc3c2C(c2ccccc2Cl)N1Cc1ccccc1. The summed E-state index contributed by atoms with van der Waals surface area (Å²) in [6.45, 7) is 0.534. The van der Waals surface area contributed by atoms with Crippen LogP contribution in [0.3, 0.4) is 0 Å². The number of benzene rings is 3. The van der Waals surface area contributed by atoms with Crippen molar-refractivity contribution in [1.82, 2.24) is 9.88 Å². The average Bonchev–Trinajstić information content (AvgIpc) is 3.19. The fraction of sp³-hybridized carbons (Fsp3) is 0.0870. The Bertz CT molecular complexity index is 1150. The molecule has 4 aromatic rings. The topological polar surface area (TPSA) is 36.1 Å². The molecule has 5 rings (SSSR count). The van der Waals surface area contributed by atoms with Crippen LogP contribution in [0, 0.1) is 0 Å². The number of carbonyl (C=O) groups is 1. The van der Waals surface area contributed by atoms with Gasteiger partial charge in [0.15, 0.2) is 0 Å². The van der Waals surface area contributed by atoms with E-state index < -0.39 is 0 Å². The van der Waals surface area contributed by atoms with Gasteiger partial charge in [-0.05, 0) is 23.3 Å². The maximum Gasteiger partial charge on any atom is 0.271 e. The number of aromatic nitrogens is 1. The van der Waals surface area contributed by atoms with Crippen molar-refractivity contribution in [2.45, 2.75) is 12.6 Å². The Balaban J connectivity index is 1.71. The molecule has 1 unspecified atom stereocenters. The summed E-state index contributed by atoms with van der Waals surface area (Å²) in [7, 11) is 0. The minimum Gasteiger partial charge on any atom is -0.350 e. The van der Waals surface area contributed by atoms with Crippen molar-refractivity contribution in [3.05, 3.63) is 106 Å². The molecule has 132 valence electrons. The van der Waals surface area contributed by atoms with Crippen molar-refractivity contribution in [2.75, 3.05) is 0 Å². The van der Waals surface area contributed by atoms with Crippen LogP contribution in [0.2, 0.25) is 5.02 Å². The van der Waals surface area contributed by atoms with Crippen LogP contribution in [0.25, 0.3) is 10.9 Å². The third kappa shape index (κ3) is 2.54. The van der Waals surface area contributed by atoms with Gasteiger partial charge in [0, 0.05) is 28.0 Å². The number of hydrogen-bond acceptors (Lipinski definition) is 1. The number of rotatable bonds is 3. The lowest BCUT2D eigenvalue weighted by molar-refractivity contribution is 0.0732. The zero-order valence-corrected chi connectivity index (χ0v) is 15.3. The maximum absolute atomic E-state index is 13.3. The summed E-state index contributed by atoms with van der Waals surface area (Å²) in [5, 5.41) is 1.74. The van der Waals surface area contributed by atoms with Crippen molar-refractivity contribution >= 4 is 28.4 Å². The zero-order chi connectivity index (χ0) is 18.4. The molecule has 0 radical (unpaired) electrons. The highest BCUT2D eigenvalue weighted by atomic mass is 35.5. The van der Waals surface area contributed by atoms with E-state index in [0.29, 0.717) is 17.3 Å². The van der Waals surface area contributed by atoms with Crippen molar-refractivity contribution in [1.29, 1.82) is 0 Å². The van der Waals surface area contributed by atoms with Gasteiger partial charge in [-0.3, -0.25) is 4.79 Å². The molecular formula is C23H17ClN2O. The van der Waals surface area contributed by atoms with Crippen LogP contribution in [0.5, 0.6) is 0 Å². The highest BCUT2D eigenvalue weighted by Gasteiger charge is 2.41. The molecule has 1 N–H and O–H groups in total. The van der Waals surface area contributed by atoms with Gasteiger partial charge < -0.3 is 9.88 Å². The minimum absolute atomic E-state index is 0.00923. The second kappa shape index (κ2) is 6.29. The molecule has 1 atom stereocenters. The molecule has 0 saturated heterocycles. The van der Waals surface area contributed by atoms with Crippen LogP contribution >= 0.6 is 11.6 Å². The fourth-order valence-electron chi connectivity index (χ4n) is 4.00. The molecule has 0 saturated carbocycles. The first-order valence-corrected chi connectivity index (χ1v) is 9.32. The Labute approximate surface area is 162 Å². The van der Waals surface area contributed by atoms with Gasteiger partial charge in [-0.15, -0.1) is 0 Å². The lowest BCUT2D eigenvalue weighted by Gasteiger charge is -2.27. The van der Waals surface area contributed by atoms with E-state index >= 15 is 0 Å². The van der Waals surface area contributed by atoms with E-state index in [1.54, 1.807) is 0 Å². The normalized spacial score (nSPS) is 16.1. The largest absolute Gasteiger partial charge is 0.350 e. The number of carbonyl (C=O) groups excluding carboxylic acids is 1. The van der Waals surface area contributed by atoms with Gasteiger partial charge in [0.05, 0.1) is 6.04 Å². The Hall–Kier alpha value is -3.04. The molecule has 3 aromatic carbocycles. The summed E-state index contributed by atoms with van der Waals surface area (Å²) in [6.07, 6.45) is 0. The lowest BCUT2D eigenvalue weighted by Crippen LogP contribution is -2.29. The number of fused-ring (bicyclic) bond motifs is 3. The van der Waals surface area contributed by atoms with E-state index in [9.17, 15) is 4.79 Å². The molecule has 0 spiro atoms. The number of H-pyrrole nitrogens is 1. The molecule has 1 amide bonds. The standard InChI is InChI=1S/C23H17ClN2O/c24-18-12-6-4-10-16(18)22-20-17-11-5-7-13-19(17)25-21(20)23(27)26(22)14-15-8-2-1-3-9-15/h1-13,22,25H,14H2. The minimum atomic E-state index is -0.211. The Morgan fingerprint density at radius 3 is 2.41 bits per heavy atom. The molecule has 1 aromatic heterocycles. The van der Waals surface area contributed by atoms with Gasteiger partial charge in [-0.2, -0.15) is 0 Å². The van der Waals surface area contributed by atoms with Crippen molar-refractivity contribution in [3.8, 4) is 0 Å². The summed E-state index contributed by atoms with van der Waals surface area (Å²) in [5.74, 6) is 0.00923. The fourth-order valence-corrected chi connectivity index (χ4v) is 4.24. The molecule has 3 nitrogen and oxygen atoms in total. The third-order valence-corrected chi connectivity index (χ3v) is 5.55. The summed E-state index contributed by atoms with van der Waals surface area (Å²) < 4.78 is 0. The van der Waals surface area contributed by atoms with E-state index in [1.807, 2.05) is 77.7 Å². The summed E-state index contributed by atoms with van der Waals surface area (Å²) >= 11 is 6.56. The summed E-state index contributed by atoms with van der Waals surface area (Å²) in [6, 6.07) is 25.7. The Morgan fingerprint density at radius 1 is 0.889 bits per heavy atom. The molecule has 27 heavy (non-hydrogen) atoms. The van der Waals surface area contributed by atoms with Crippen LogP contribution in [0.1, 0.15) is 33.2 Å². The molecule has 1 aliphatic heterocycles. The first kappa shape index (κ1) is 16.2. The van der Waals surface area contributed by atoms with E-state index in [0.717, 1.165) is 27.6 Å². The van der Waals surface area contributed by atoms with Gasteiger partial charge in [-0.1, -0.05) is 78.3 Å². The van der Waals surface area contributed by atoms with Gasteiger partial charge in [0.1, 0.15) is 5.69 Å². The first-order valence-electron chi connectivity index (χ1n) is 8.94. The van der Waals surface area contributed by atoms with E-state index in [2.05, 4.69) is 11.1 Å². The number of hydrogen-bond donors (Lipinski definition) is 1. The van der Waals surface area contributed by atoms with Crippen molar-refractivity contribution < 1.29 is 4.79 Å². The molecule has 4 heteroatoms. The molecular weight excluding hydrogens is 356 g/mol. The number of halogens is 1. The van der Waals surface area contributed by atoms with Gasteiger partial charge in [-0.25, -0.2) is 0 Å². The summed E-state index contributed by atoms with van der Waals surface area (Å²) in [5.41, 5.74) is 4.70. The predicted octanol–water partition coefficient (Wildman–Crippen LogP) is 5.57. The quantitative estimate of drug-likeness (QED) is 0.501. The number of aromatic amines is 1. The van der Waals surface area contributed by atoms with Crippen LogP contribution in [0.15, 0.2) is 78.9 Å². The number of nitrogens with one attached hydrogen (secondary N) is 1. The second-order valence-electron chi connectivity index (χ2n) is 6.80. The average molecular weight is 373 g/mol. The number of para-hydroxylation sites is 1. The highest BCUT2D eigenvalue weighted by molar-refractivity contribution is 6.31. The molecule has 1 aliphatic rings.